The zero-order chi connectivity index (χ0) is 13.8. The average Bonchev–Trinajstić information content (AvgIpc) is 2.64. The van der Waals surface area contributed by atoms with Crippen molar-refractivity contribution in [3.63, 3.8) is 0 Å². The van der Waals surface area contributed by atoms with E-state index in [4.69, 9.17) is 0 Å². The maximum atomic E-state index is 12.8. The molecule has 0 spiro atoms. The molecule has 19 heavy (non-hydrogen) atoms. The molecular weight excluding hydrogens is 236 g/mol. The molecule has 104 valence electrons. The van der Waals surface area contributed by atoms with E-state index in [0.717, 1.165) is 37.2 Å². The van der Waals surface area contributed by atoms with E-state index in [1.165, 1.54) is 0 Å². The number of benzene rings is 1. The highest BCUT2D eigenvalue weighted by molar-refractivity contribution is 5.95. The van der Waals surface area contributed by atoms with Gasteiger partial charge in [0.2, 0.25) is 0 Å². The Balaban J connectivity index is 2.26. The van der Waals surface area contributed by atoms with Crippen molar-refractivity contribution in [1.29, 1.82) is 0 Å². The monoisotopic (exact) mass is 260 g/mol. The zero-order valence-corrected chi connectivity index (χ0v) is 12.1. The van der Waals surface area contributed by atoms with Gasteiger partial charge in [-0.2, -0.15) is 0 Å². The number of hydrogen-bond acceptors (Lipinski definition) is 2. The number of amides is 1. The molecular formula is C16H24N2O. The van der Waals surface area contributed by atoms with Crippen LogP contribution in [0.2, 0.25) is 0 Å². The maximum Gasteiger partial charge on any atom is 0.254 e. The topological polar surface area (TPSA) is 32.3 Å². The third-order valence-corrected chi connectivity index (χ3v) is 3.91. The van der Waals surface area contributed by atoms with Gasteiger partial charge in [0.05, 0.1) is 0 Å². The van der Waals surface area contributed by atoms with Gasteiger partial charge in [-0.25, -0.2) is 0 Å². The molecule has 0 bridgehead atoms. The third-order valence-electron chi connectivity index (χ3n) is 3.91. The fourth-order valence-corrected chi connectivity index (χ4v) is 2.72. The molecule has 1 atom stereocenters. The number of rotatable bonds is 2. The van der Waals surface area contributed by atoms with Crippen LogP contribution in [0.15, 0.2) is 24.3 Å². The van der Waals surface area contributed by atoms with Crippen LogP contribution in [0.3, 0.4) is 0 Å². The Bertz CT molecular complexity index is 442. The number of carbonyl (C=O) groups is 1. The fourth-order valence-electron chi connectivity index (χ4n) is 2.72. The van der Waals surface area contributed by atoms with E-state index in [-0.39, 0.29) is 11.9 Å². The molecule has 3 heteroatoms. The first-order valence-corrected chi connectivity index (χ1v) is 7.18. The summed E-state index contributed by atoms with van der Waals surface area (Å²) in [5, 5.41) is 3.44. The normalized spacial score (nSPS) is 20.4. The molecule has 1 aromatic carbocycles. The van der Waals surface area contributed by atoms with Crippen LogP contribution in [0.1, 0.15) is 36.2 Å². The number of nitrogens with zero attached hydrogens (tertiary/aromatic N) is 1. The Hall–Kier alpha value is -1.35. The van der Waals surface area contributed by atoms with Crippen LogP contribution in [0.5, 0.6) is 0 Å². The highest BCUT2D eigenvalue weighted by Gasteiger charge is 2.28. The Morgan fingerprint density at radius 2 is 2.11 bits per heavy atom. The first-order valence-electron chi connectivity index (χ1n) is 7.18. The second-order valence-corrected chi connectivity index (χ2v) is 5.68. The quantitative estimate of drug-likeness (QED) is 0.886. The first kappa shape index (κ1) is 14.1. The van der Waals surface area contributed by atoms with Crippen molar-refractivity contribution in [3.8, 4) is 0 Å². The van der Waals surface area contributed by atoms with Gasteiger partial charge in [-0.3, -0.25) is 4.79 Å². The molecule has 3 nitrogen and oxygen atoms in total. The molecule has 0 aromatic heterocycles. The summed E-state index contributed by atoms with van der Waals surface area (Å²) < 4.78 is 0. The fraction of sp³-hybridized carbons (Fsp3) is 0.562. The first-order chi connectivity index (χ1) is 9.11. The highest BCUT2D eigenvalue weighted by atomic mass is 16.2. The minimum absolute atomic E-state index is 0.181. The number of nitrogens with one attached hydrogen (secondary N) is 1. The molecule has 1 aromatic rings. The van der Waals surface area contributed by atoms with Gasteiger partial charge in [0.15, 0.2) is 0 Å². The number of aryl methyl sites for hydroxylation is 1. The number of carbonyl (C=O) groups excluding carboxylic acids is 1. The molecule has 0 radical (unpaired) electrons. The molecule has 1 heterocycles. The Kier molecular flexibility index (Phi) is 4.59. The van der Waals surface area contributed by atoms with E-state index in [0.29, 0.717) is 5.92 Å². The zero-order valence-electron chi connectivity index (χ0n) is 12.1. The lowest BCUT2D eigenvalue weighted by atomic mass is 10.0. The summed E-state index contributed by atoms with van der Waals surface area (Å²) in [6, 6.07) is 8.16. The van der Waals surface area contributed by atoms with Crippen molar-refractivity contribution in [1.82, 2.24) is 10.2 Å². The lowest BCUT2D eigenvalue weighted by Crippen LogP contribution is -2.46. The van der Waals surface area contributed by atoms with E-state index in [1.54, 1.807) is 0 Å². The molecule has 1 unspecified atom stereocenters. The van der Waals surface area contributed by atoms with Gasteiger partial charge in [0, 0.05) is 24.7 Å². The van der Waals surface area contributed by atoms with Gasteiger partial charge in [-0.15, -0.1) is 0 Å². The van der Waals surface area contributed by atoms with E-state index in [1.807, 2.05) is 31.2 Å². The maximum absolute atomic E-state index is 12.8. The minimum atomic E-state index is 0.181. The van der Waals surface area contributed by atoms with Gasteiger partial charge >= 0.3 is 0 Å². The molecule has 1 amide bonds. The van der Waals surface area contributed by atoms with Gasteiger partial charge < -0.3 is 10.2 Å². The third kappa shape index (κ3) is 3.16. The average molecular weight is 260 g/mol. The van der Waals surface area contributed by atoms with Gasteiger partial charge in [-0.1, -0.05) is 32.0 Å². The molecule has 0 aliphatic carbocycles. The van der Waals surface area contributed by atoms with Crippen molar-refractivity contribution in [2.75, 3.05) is 19.6 Å². The van der Waals surface area contributed by atoms with Crippen LogP contribution in [-0.4, -0.2) is 36.5 Å². The van der Waals surface area contributed by atoms with Gasteiger partial charge in [0.25, 0.3) is 5.91 Å². The van der Waals surface area contributed by atoms with Crippen LogP contribution in [0.4, 0.5) is 0 Å². The number of hydrogen-bond donors (Lipinski definition) is 1. The van der Waals surface area contributed by atoms with Crippen LogP contribution in [0, 0.1) is 12.8 Å². The van der Waals surface area contributed by atoms with Crippen molar-refractivity contribution in [2.45, 2.75) is 33.2 Å². The summed E-state index contributed by atoms with van der Waals surface area (Å²) in [7, 11) is 0. The van der Waals surface area contributed by atoms with Crippen LogP contribution < -0.4 is 5.32 Å². The van der Waals surface area contributed by atoms with E-state index in [2.05, 4.69) is 24.1 Å². The second-order valence-electron chi connectivity index (χ2n) is 5.68. The summed E-state index contributed by atoms with van der Waals surface area (Å²) in [5.41, 5.74) is 1.90. The molecule has 1 fully saturated rings. The molecule has 1 aliphatic rings. The summed E-state index contributed by atoms with van der Waals surface area (Å²) >= 11 is 0. The van der Waals surface area contributed by atoms with Crippen LogP contribution in [0.25, 0.3) is 0 Å². The van der Waals surface area contributed by atoms with E-state index >= 15 is 0 Å². The summed E-state index contributed by atoms with van der Waals surface area (Å²) in [6.07, 6.45) is 1.03. The van der Waals surface area contributed by atoms with Gasteiger partial charge in [-0.05, 0) is 37.4 Å². The van der Waals surface area contributed by atoms with Crippen molar-refractivity contribution in [3.05, 3.63) is 35.4 Å². The molecule has 2 rings (SSSR count). The molecule has 1 aliphatic heterocycles. The van der Waals surface area contributed by atoms with Gasteiger partial charge in [0.1, 0.15) is 0 Å². The van der Waals surface area contributed by atoms with E-state index in [9.17, 15) is 4.79 Å². The second kappa shape index (κ2) is 6.20. The summed E-state index contributed by atoms with van der Waals surface area (Å²) in [5.74, 6) is 0.652. The smallest absolute Gasteiger partial charge is 0.254 e. The van der Waals surface area contributed by atoms with Crippen molar-refractivity contribution >= 4 is 5.91 Å². The van der Waals surface area contributed by atoms with Crippen molar-refractivity contribution in [2.24, 2.45) is 5.92 Å². The van der Waals surface area contributed by atoms with Crippen LogP contribution >= 0.6 is 0 Å². The SMILES string of the molecule is Cc1ccccc1C(=O)N1CCCNCC1C(C)C. The van der Waals surface area contributed by atoms with Crippen LogP contribution in [-0.2, 0) is 0 Å². The van der Waals surface area contributed by atoms with Crippen molar-refractivity contribution < 1.29 is 4.79 Å². The lowest BCUT2D eigenvalue weighted by Gasteiger charge is -2.33. The Morgan fingerprint density at radius 1 is 1.37 bits per heavy atom. The minimum Gasteiger partial charge on any atom is -0.334 e. The van der Waals surface area contributed by atoms with E-state index < -0.39 is 0 Å². The molecule has 1 N–H and O–H groups in total. The standard InChI is InChI=1S/C16H24N2O/c1-12(2)15-11-17-9-6-10-18(15)16(19)14-8-5-4-7-13(14)3/h4-5,7-8,12,15,17H,6,9-11H2,1-3H3. The largest absolute Gasteiger partial charge is 0.334 e. The predicted octanol–water partition coefficient (Wildman–Crippen LogP) is 2.46. The molecule has 0 saturated carbocycles. The highest BCUT2D eigenvalue weighted by Crippen LogP contribution is 2.18. The lowest BCUT2D eigenvalue weighted by molar-refractivity contribution is 0.0645. The summed E-state index contributed by atoms with van der Waals surface area (Å²) in [4.78, 5) is 14.8. The Labute approximate surface area is 116 Å². The predicted molar refractivity (Wildman–Crippen MR) is 78.3 cm³/mol. The summed E-state index contributed by atoms with van der Waals surface area (Å²) in [6.45, 7) is 9.14. The molecule has 1 saturated heterocycles. The Morgan fingerprint density at radius 3 is 2.79 bits per heavy atom.